The van der Waals surface area contributed by atoms with E-state index in [0.29, 0.717) is 11.5 Å². The van der Waals surface area contributed by atoms with E-state index in [9.17, 15) is 0 Å². The molecule has 0 amide bonds. The molecule has 0 bridgehead atoms. The van der Waals surface area contributed by atoms with Crippen LogP contribution in [0.15, 0.2) is 0 Å². The van der Waals surface area contributed by atoms with Crippen molar-refractivity contribution in [3.8, 4) is 0 Å². The Kier molecular flexibility index (Phi) is 4.85. The third kappa shape index (κ3) is 5.58. The summed E-state index contributed by atoms with van der Waals surface area (Å²) in [5.41, 5.74) is 0.381. The minimum atomic E-state index is 0.381. The highest BCUT2D eigenvalue weighted by Crippen LogP contribution is 2.10. The maximum absolute atomic E-state index is 5.61. The molecule has 0 spiro atoms. The molecular formula is C11H24N2O. The van der Waals surface area contributed by atoms with Gasteiger partial charge in [-0.15, -0.1) is 0 Å². The first kappa shape index (κ1) is 12.0. The van der Waals surface area contributed by atoms with Crippen LogP contribution in [0.4, 0.5) is 0 Å². The average Bonchev–Trinajstić information content (AvgIpc) is 2.13. The Hall–Kier alpha value is -0.120. The molecule has 0 aromatic heterocycles. The Morgan fingerprint density at radius 1 is 1.43 bits per heavy atom. The van der Waals surface area contributed by atoms with Crippen LogP contribution in [0.25, 0.3) is 0 Å². The molecule has 2 N–H and O–H groups in total. The Balaban J connectivity index is 1.97. The number of morpholine rings is 1. The van der Waals surface area contributed by atoms with Crippen LogP contribution in [0.2, 0.25) is 0 Å². The summed E-state index contributed by atoms with van der Waals surface area (Å²) in [6.45, 7) is 11.8. The molecule has 0 aromatic carbocycles. The second-order valence-electron chi connectivity index (χ2n) is 5.22. The number of hydrogen-bond donors (Lipinski definition) is 2. The summed E-state index contributed by atoms with van der Waals surface area (Å²) in [6.07, 6.45) is 1.53. The zero-order chi connectivity index (χ0) is 10.4. The van der Waals surface area contributed by atoms with E-state index in [1.165, 1.54) is 0 Å². The zero-order valence-corrected chi connectivity index (χ0v) is 9.73. The second-order valence-corrected chi connectivity index (χ2v) is 5.22. The van der Waals surface area contributed by atoms with Gasteiger partial charge in [-0.3, -0.25) is 0 Å². The molecule has 84 valence electrons. The van der Waals surface area contributed by atoms with Crippen molar-refractivity contribution in [2.24, 2.45) is 5.41 Å². The van der Waals surface area contributed by atoms with Crippen LogP contribution in [0.1, 0.15) is 27.2 Å². The van der Waals surface area contributed by atoms with Gasteiger partial charge in [-0.05, 0) is 24.9 Å². The fraction of sp³-hybridized carbons (Fsp3) is 1.00. The molecule has 1 aliphatic rings. The molecule has 3 heteroatoms. The van der Waals surface area contributed by atoms with Gasteiger partial charge in [0, 0.05) is 13.1 Å². The number of nitrogens with one attached hydrogen (secondary N) is 2. The van der Waals surface area contributed by atoms with Crippen LogP contribution in [-0.4, -0.2) is 38.9 Å². The molecule has 0 saturated carbocycles. The van der Waals surface area contributed by atoms with Gasteiger partial charge in [-0.25, -0.2) is 0 Å². The minimum absolute atomic E-state index is 0.381. The SMILES string of the molecule is CC(C)(C)CNCCC1CNCCO1. The summed E-state index contributed by atoms with van der Waals surface area (Å²) in [4.78, 5) is 0. The van der Waals surface area contributed by atoms with E-state index < -0.39 is 0 Å². The van der Waals surface area contributed by atoms with E-state index >= 15 is 0 Å². The van der Waals surface area contributed by atoms with Crippen molar-refractivity contribution in [3.63, 3.8) is 0 Å². The van der Waals surface area contributed by atoms with Gasteiger partial charge in [0.15, 0.2) is 0 Å². The summed E-state index contributed by atoms with van der Waals surface area (Å²) in [7, 11) is 0. The molecule has 1 aliphatic heterocycles. The molecule has 0 aromatic rings. The van der Waals surface area contributed by atoms with Crippen molar-refractivity contribution in [1.82, 2.24) is 10.6 Å². The monoisotopic (exact) mass is 200 g/mol. The lowest BCUT2D eigenvalue weighted by molar-refractivity contribution is 0.0236. The number of hydrogen-bond acceptors (Lipinski definition) is 3. The standard InChI is InChI=1S/C11H24N2O/c1-11(2,3)9-13-5-4-10-8-12-6-7-14-10/h10,12-13H,4-9H2,1-3H3. The fourth-order valence-electron chi connectivity index (χ4n) is 1.53. The normalized spacial score (nSPS) is 23.8. The molecule has 1 atom stereocenters. The summed E-state index contributed by atoms with van der Waals surface area (Å²) in [6, 6.07) is 0. The first-order valence-electron chi connectivity index (χ1n) is 5.61. The molecule has 14 heavy (non-hydrogen) atoms. The molecule has 1 heterocycles. The topological polar surface area (TPSA) is 33.3 Å². The van der Waals surface area contributed by atoms with E-state index in [2.05, 4.69) is 31.4 Å². The van der Waals surface area contributed by atoms with Crippen molar-refractivity contribution in [2.75, 3.05) is 32.8 Å². The molecule has 0 aliphatic carbocycles. The summed E-state index contributed by atoms with van der Waals surface area (Å²) < 4.78 is 5.61. The summed E-state index contributed by atoms with van der Waals surface area (Å²) >= 11 is 0. The Labute approximate surface area is 87.6 Å². The molecule has 1 saturated heterocycles. The molecular weight excluding hydrogens is 176 g/mol. The molecule has 1 rings (SSSR count). The molecule has 0 radical (unpaired) electrons. The molecule has 1 fully saturated rings. The van der Waals surface area contributed by atoms with Crippen molar-refractivity contribution in [3.05, 3.63) is 0 Å². The lowest BCUT2D eigenvalue weighted by Crippen LogP contribution is -2.40. The largest absolute Gasteiger partial charge is 0.376 e. The van der Waals surface area contributed by atoms with E-state index in [4.69, 9.17) is 4.74 Å². The fourth-order valence-corrected chi connectivity index (χ4v) is 1.53. The highest BCUT2D eigenvalue weighted by molar-refractivity contribution is 4.70. The van der Waals surface area contributed by atoms with Crippen molar-refractivity contribution < 1.29 is 4.74 Å². The lowest BCUT2D eigenvalue weighted by atomic mass is 9.97. The summed E-state index contributed by atoms with van der Waals surface area (Å²) in [5, 5.41) is 6.80. The Morgan fingerprint density at radius 3 is 2.79 bits per heavy atom. The predicted molar refractivity (Wildman–Crippen MR) is 59.6 cm³/mol. The lowest BCUT2D eigenvalue weighted by Gasteiger charge is -2.24. The summed E-state index contributed by atoms with van der Waals surface area (Å²) in [5.74, 6) is 0. The third-order valence-electron chi connectivity index (χ3n) is 2.30. The van der Waals surface area contributed by atoms with Gasteiger partial charge in [0.25, 0.3) is 0 Å². The van der Waals surface area contributed by atoms with Crippen LogP contribution >= 0.6 is 0 Å². The first-order valence-corrected chi connectivity index (χ1v) is 5.61. The third-order valence-corrected chi connectivity index (χ3v) is 2.30. The minimum Gasteiger partial charge on any atom is -0.376 e. The van der Waals surface area contributed by atoms with E-state index in [1.807, 2.05) is 0 Å². The Morgan fingerprint density at radius 2 is 2.21 bits per heavy atom. The number of ether oxygens (including phenoxy) is 1. The predicted octanol–water partition coefficient (Wildman–Crippen LogP) is 1.00. The van der Waals surface area contributed by atoms with Crippen molar-refractivity contribution in [1.29, 1.82) is 0 Å². The Bertz CT molecular complexity index is 148. The van der Waals surface area contributed by atoms with Gasteiger partial charge in [-0.1, -0.05) is 20.8 Å². The quantitative estimate of drug-likeness (QED) is 0.664. The van der Waals surface area contributed by atoms with Crippen LogP contribution < -0.4 is 10.6 Å². The van der Waals surface area contributed by atoms with Gasteiger partial charge >= 0.3 is 0 Å². The van der Waals surface area contributed by atoms with E-state index in [1.54, 1.807) is 0 Å². The average molecular weight is 200 g/mol. The van der Waals surface area contributed by atoms with Crippen LogP contribution in [0, 0.1) is 5.41 Å². The van der Waals surface area contributed by atoms with Gasteiger partial charge < -0.3 is 15.4 Å². The van der Waals surface area contributed by atoms with E-state index in [-0.39, 0.29) is 0 Å². The van der Waals surface area contributed by atoms with Gasteiger partial charge in [0.2, 0.25) is 0 Å². The van der Waals surface area contributed by atoms with Gasteiger partial charge in [-0.2, -0.15) is 0 Å². The van der Waals surface area contributed by atoms with Crippen molar-refractivity contribution >= 4 is 0 Å². The first-order chi connectivity index (χ1) is 6.58. The highest BCUT2D eigenvalue weighted by Gasteiger charge is 2.13. The second kappa shape index (κ2) is 5.69. The van der Waals surface area contributed by atoms with E-state index in [0.717, 1.165) is 39.2 Å². The van der Waals surface area contributed by atoms with Crippen molar-refractivity contribution in [2.45, 2.75) is 33.3 Å². The maximum Gasteiger partial charge on any atom is 0.0712 e. The zero-order valence-electron chi connectivity index (χ0n) is 9.73. The maximum atomic E-state index is 5.61. The van der Waals surface area contributed by atoms with Gasteiger partial charge in [0.05, 0.1) is 12.7 Å². The van der Waals surface area contributed by atoms with Crippen LogP contribution in [-0.2, 0) is 4.74 Å². The number of rotatable bonds is 4. The molecule has 1 unspecified atom stereocenters. The van der Waals surface area contributed by atoms with Crippen LogP contribution in [0.3, 0.4) is 0 Å². The van der Waals surface area contributed by atoms with Crippen LogP contribution in [0.5, 0.6) is 0 Å². The molecule has 3 nitrogen and oxygen atoms in total. The van der Waals surface area contributed by atoms with Gasteiger partial charge in [0.1, 0.15) is 0 Å². The highest BCUT2D eigenvalue weighted by atomic mass is 16.5. The smallest absolute Gasteiger partial charge is 0.0712 e.